The van der Waals surface area contributed by atoms with Crippen molar-refractivity contribution in [2.45, 2.75) is 32.9 Å². The van der Waals surface area contributed by atoms with Crippen LogP contribution in [0.25, 0.3) is 6.08 Å². The Morgan fingerprint density at radius 2 is 1.69 bits per heavy atom. The summed E-state index contributed by atoms with van der Waals surface area (Å²) in [6, 6.07) is 19.7. The summed E-state index contributed by atoms with van der Waals surface area (Å²) in [5, 5.41) is 10.8. The van der Waals surface area contributed by atoms with Crippen LogP contribution in [0.15, 0.2) is 79.0 Å². The molecule has 0 N–H and O–H groups in total. The van der Waals surface area contributed by atoms with E-state index in [-0.39, 0.29) is 24.0 Å². The van der Waals surface area contributed by atoms with Crippen molar-refractivity contribution in [3.8, 4) is 0 Å². The zero-order valence-electron chi connectivity index (χ0n) is 20.7. The molecule has 1 aromatic heterocycles. The van der Waals surface area contributed by atoms with Crippen molar-refractivity contribution in [2.24, 2.45) is 7.05 Å². The Bertz CT molecular complexity index is 1190. The predicted octanol–water partition coefficient (Wildman–Crippen LogP) is 4.80. The second kappa shape index (κ2) is 13.0. The fraction of sp³-hybridized carbons (Fsp3) is 0.286. The number of amides is 2. The molecule has 0 atom stereocenters. The molecule has 2 amide bonds. The van der Waals surface area contributed by atoms with Gasteiger partial charge in [-0.25, -0.2) is 0 Å². The molecule has 0 radical (unpaired) electrons. The van der Waals surface area contributed by atoms with Crippen molar-refractivity contribution in [2.75, 3.05) is 13.1 Å². The Hall–Kier alpha value is -4.20. The van der Waals surface area contributed by atoms with Crippen molar-refractivity contribution in [3.05, 3.63) is 106 Å². The molecule has 1 heterocycles. The number of carbonyl (C=O) groups is 2. The number of nitrogens with zero attached hydrogens (tertiary/aromatic N) is 4. The number of benzene rings is 2. The average Bonchev–Trinajstić information content (AvgIpc) is 3.29. The highest BCUT2D eigenvalue weighted by Crippen LogP contribution is 2.14. The monoisotopic (exact) mass is 488 g/mol. The van der Waals surface area contributed by atoms with Crippen LogP contribution in [0.1, 0.15) is 36.6 Å². The van der Waals surface area contributed by atoms with E-state index in [1.54, 1.807) is 28.0 Å². The Labute approximate surface area is 211 Å². The number of nitro groups is 1. The first-order valence-corrected chi connectivity index (χ1v) is 12.0. The number of hydrogen-bond donors (Lipinski definition) is 0. The maximum Gasteiger partial charge on any atom is 0.269 e. The van der Waals surface area contributed by atoms with E-state index < -0.39 is 4.92 Å². The van der Waals surface area contributed by atoms with E-state index in [2.05, 4.69) is 0 Å². The van der Waals surface area contributed by atoms with Crippen LogP contribution in [-0.4, -0.2) is 44.2 Å². The van der Waals surface area contributed by atoms with E-state index in [9.17, 15) is 19.7 Å². The first kappa shape index (κ1) is 26.4. The summed E-state index contributed by atoms with van der Waals surface area (Å²) in [5.74, 6) is -0.401. The molecule has 3 rings (SSSR count). The molecule has 0 fully saturated rings. The lowest BCUT2D eigenvalue weighted by Crippen LogP contribution is -2.42. The summed E-state index contributed by atoms with van der Waals surface area (Å²) in [5.41, 5.74) is 2.68. The Kier molecular flexibility index (Phi) is 9.56. The van der Waals surface area contributed by atoms with Crippen LogP contribution in [0.3, 0.4) is 0 Å². The van der Waals surface area contributed by atoms with Gasteiger partial charge in [-0.15, -0.1) is 0 Å². The molecular formula is C28H32N4O4. The highest BCUT2D eigenvalue weighted by molar-refractivity contribution is 5.94. The number of carbonyl (C=O) groups excluding carboxylic acids is 2. The van der Waals surface area contributed by atoms with Gasteiger partial charge in [-0.05, 0) is 47.9 Å². The van der Waals surface area contributed by atoms with Crippen LogP contribution in [0.2, 0.25) is 0 Å². The number of unbranched alkanes of at least 4 members (excludes halogenated alkanes) is 1. The van der Waals surface area contributed by atoms with Crippen molar-refractivity contribution in [3.63, 3.8) is 0 Å². The molecule has 0 aliphatic rings. The molecule has 0 bridgehead atoms. The molecule has 188 valence electrons. The highest BCUT2D eigenvalue weighted by Gasteiger charge is 2.21. The molecule has 0 unspecified atom stereocenters. The fourth-order valence-corrected chi connectivity index (χ4v) is 3.75. The minimum Gasteiger partial charge on any atom is -0.353 e. The third kappa shape index (κ3) is 7.66. The van der Waals surface area contributed by atoms with Gasteiger partial charge in [0.05, 0.1) is 11.5 Å². The van der Waals surface area contributed by atoms with E-state index in [0.29, 0.717) is 25.2 Å². The highest BCUT2D eigenvalue weighted by atomic mass is 16.6. The molecule has 8 nitrogen and oxygen atoms in total. The van der Waals surface area contributed by atoms with Gasteiger partial charge in [0.25, 0.3) is 5.69 Å². The minimum atomic E-state index is -0.465. The van der Waals surface area contributed by atoms with Gasteiger partial charge in [-0.1, -0.05) is 43.7 Å². The molecular weight excluding hydrogens is 456 g/mol. The largest absolute Gasteiger partial charge is 0.353 e. The third-order valence-electron chi connectivity index (χ3n) is 5.91. The maximum absolute atomic E-state index is 13.5. The second-order valence-corrected chi connectivity index (χ2v) is 8.64. The zero-order valence-corrected chi connectivity index (χ0v) is 20.7. The Balaban J connectivity index is 1.75. The van der Waals surface area contributed by atoms with Crippen LogP contribution in [-0.2, 0) is 29.7 Å². The van der Waals surface area contributed by atoms with Crippen molar-refractivity contribution in [1.82, 2.24) is 14.4 Å². The maximum atomic E-state index is 13.5. The summed E-state index contributed by atoms with van der Waals surface area (Å²) in [7, 11) is 1.95. The van der Waals surface area contributed by atoms with E-state index in [4.69, 9.17) is 0 Å². The third-order valence-corrected chi connectivity index (χ3v) is 5.91. The molecule has 3 aromatic rings. The molecule has 8 heteroatoms. The van der Waals surface area contributed by atoms with Gasteiger partial charge < -0.3 is 14.4 Å². The first-order valence-electron chi connectivity index (χ1n) is 12.0. The molecule has 36 heavy (non-hydrogen) atoms. The molecule has 0 saturated heterocycles. The lowest BCUT2D eigenvalue weighted by atomic mass is 10.2. The number of non-ortho nitro benzene ring substituents is 1. The van der Waals surface area contributed by atoms with Gasteiger partial charge in [0.1, 0.15) is 6.54 Å². The van der Waals surface area contributed by atoms with Crippen molar-refractivity contribution < 1.29 is 14.5 Å². The molecule has 0 aliphatic carbocycles. The summed E-state index contributed by atoms with van der Waals surface area (Å²) < 4.78 is 1.98. The normalized spacial score (nSPS) is 10.9. The SMILES string of the molecule is CCCCN(CC(=O)N(Cc1ccccc1)Cc1cccn1C)C(=O)/C=C/c1ccc([N+](=O)[O-])cc1. The number of rotatable bonds is 12. The fourth-order valence-electron chi connectivity index (χ4n) is 3.75. The van der Waals surface area contributed by atoms with Crippen LogP contribution in [0, 0.1) is 10.1 Å². The van der Waals surface area contributed by atoms with Crippen molar-refractivity contribution >= 4 is 23.6 Å². The average molecular weight is 489 g/mol. The van der Waals surface area contributed by atoms with Gasteiger partial charge >= 0.3 is 0 Å². The zero-order chi connectivity index (χ0) is 25.9. The van der Waals surface area contributed by atoms with Crippen molar-refractivity contribution in [1.29, 1.82) is 0 Å². The van der Waals surface area contributed by atoms with E-state index in [1.807, 2.05) is 67.2 Å². The molecule has 0 spiro atoms. The topological polar surface area (TPSA) is 88.7 Å². The Morgan fingerprint density at radius 1 is 0.972 bits per heavy atom. The Morgan fingerprint density at radius 3 is 2.31 bits per heavy atom. The van der Waals surface area contributed by atoms with E-state index in [1.165, 1.54) is 18.2 Å². The summed E-state index contributed by atoms with van der Waals surface area (Å²) in [6.45, 7) is 3.36. The van der Waals surface area contributed by atoms with Crippen LogP contribution in [0.5, 0.6) is 0 Å². The predicted molar refractivity (Wildman–Crippen MR) is 140 cm³/mol. The first-order chi connectivity index (χ1) is 17.4. The van der Waals surface area contributed by atoms with Gasteiger partial charge in [-0.3, -0.25) is 19.7 Å². The van der Waals surface area contributed by atoms with Crippen LogP contribution < -0.4 is 0 Å². The molecule has 2 aromatic carbocycles. The quantitative estimate of drug-likeness (QED) is 0.208. The second-order valence-electron chi connectivity index (χ2n) is 8.64. The lowest BCUT2D eigenvalue weighted by molar-refractivity contribution is -0.384. The van der Waals surface area contributed by atoms with Crippen LogP contribution >= 0.6 is 0 Å². The summed E-state index contributed by atoms with van der Waals surface area (Å²) in [4.78, 5) is 40.2. The van der Waals surface area contributed by atoms with Gasteiger partial charge in [-0.2, -0.15) is 0 Å². The number of aryl methyl sites for hydroxylation is 1. The smallest absolute Gasteiger partial charge is 0.269 e. The standard InChI is InChI=1S/C28H32N4O4/c1-3-4-19-30(27(33)17-14-23-12-15-25(16-13-23)32(35)36)22-28(34)31(20-24-9-6-5-7-10-24)21-26-11-8-18-29(26)2/h5-18H,3-4,19-22H2,1-2H3/b17-14+. The number of nitro benzene ring substituents is 1. The van der Waals surface area contributed by atoms with Gasteiger partial charge in [0, 0.05) is 50.2 Å². The summed E-state index contributed by atoms with van der Waals surface area (Å²) in [6.07, 6.45) is 6.65. The van der Waals surface area contributed by atoms with E-state index in [0.717, 1.165) is 24.1 Å². The minimum absolute atomic E-state index is 0.00891. The summed E-state index contributed by atoms with van der Waals surface area (Å²) >= 11 is 0. The molecule has 0 aliphatic heterocycles. The van der Waals surface area contributed by atoms with Crippen LogP contribution in [0.4, 0.5) is 5.69 Å². The number of hydrogen-bond acceptors (Lipinski definition) is 4. The lowest BCUT2D eigenvalue weighted by Gasteiger charge is -2.27. The van der Waals surface area contributed by atoms with Gasteiger partial charge in [0.2, 0.25) is 11.8 Å². The van der Waals surface area contributed by atoms with Gasteiger partial charge in [0.15, 0.2) is 0 Å². The molecule has 0 saturated carbocycles. The number of aromatic nitrogens is 1. The van der Waals surface area contributed by atoms with E-state index >= 15 is 0 Å².